The second kappa shape index (κ2) is 6.45. The SMILES string of the molecule is CCOC(=O)c1sc2nc(-c3ccc(OC)cc3)nc(C)c2c1N. The molecule has 3 aromatic rings. The average Bonchev–Trinajstić information content (AvgIpc) is 2.92. The van der Waals surface area contributed by atoms with Gasteiger partial charge >= 0.3 is 5.97 Å². The van der Waals surface area contributed by atoms with Crippen LogP contribution in [0.15, 0.2) is 24.3 Å². The molecule has 2 N–H and O–H groups in total. The summed E-state index contributed by atoms with van der Waals surface area (Å²) in [5.74, 6) is 0.921. The van der Waals surface area contributed by atoms with Gasteiger partial charge in [0.2, 0.25) is 0 Å². The summed E-state index contributed by atoms with van der Waals surface area (Å²) in [6.07, 6.45) is 0. The fourth-order valence-electron chi connectivity index (χ4n) is 2.41. The molecule has 0 aliphatic heterocycles. The molecule has 3 rings (SSSR count). The van der Waals surface area contributed by atoms with Crippen molar-refractivity contribution in [3.8, 4) is 17.1 Å². The van der Waals surface area contributed by atoms with E-state index in [1.165, 1.54) is 11.3 Å². The summed E-state index contributed by atoms with van der Waals surface area (Å²) in [4.78, 5) is 22.2. The van der Waals surface area contributed by atoms with E-state index in [0.29, 0.717) is 33.2 Å². The first-order valence-corrected chi connectivity index (χ1v) is 8.25. The van der Waals surface area contributed by atoms with Crippen molar-refractivity contribution < 1.29 is 14.3 Å². The van der Waals surface area contributed by atoms with Crippen LogP contribution in [0.5, 0.6) is 5.75 Å². The molecule has 0 unspecified atom stereocenters. The molecule has 24 heavy (non-hydrogen) atoms. The summed E-state index contributed by atoms with van der Waals surface area (Å²) < 4.78 is 10.2. The van der Waals surface area contributed by atoms with E-state index in [4.69, 9.17) is 15.2 Å². The molecule has 2 heterocycles. The van der Waals surface area contributed by atoms with Gasteiger partial charge in [-0.2, -0.15) is 0 Å². The number of benzene rings is 1. The van der Waals surface area contributed by atoms with Crippen molar-refractivity contribution in [3.63, 3.8) is 0 Å². The van der Waals surface area contributed by atoms with Crippen molar-refractivity contribution in [3.05, 3.63) is 34.8 Å². The second-order valence-corrected chi connectivity index (χ2v) is 6.11. The molecule has 7 heteroatoms. The lowest BCUT2D eigenvalue weighted by Crippen LogP contribution is -2.05. The van der Waals surface area contributed by atoms with Crippen LogP contribution in [0, 0.1) is 6.92 Å². The monoisotopic (exact) mass is 343 g/mol. The zero-order valence-corrected chi connectivity index (χ0v) is 14.4. The van der Waals surface area contributed by atoms with Crippen molar-refractivity contribution in [2.75, 3.05) is 19.5 Å². The van der Waals surface area contributed by atoms with E-state index in [-0.39, 0.29) is 0 Å². The van der Waals surface area contributed by atoms with Gasteiger partial charge in [0.05, 0.1) is 30.5 Å². The zero-order chi connectivity index (χ0) is 17.3. The van der Waals surface area contributed by atoms with E-state index in [1.807, 2.05) is 31.2 Å². The molecule has 2 aromatic heterocycles. The Labute approximate surface area is 143 Å². The predicted molar refractivity (Wildman–Crippen MR) is 94.5 cm³/mol. The van der Waals surface area contributed by atoms with Crippen molar-refractivity contribution in [2.24, 2.45) is 0 Å². The van der Waals surface area contributed by atoms with Gasteiger partial charge in [-0.05, 0) is 38.1 Å². The lowest BCUT2D eigenvalue weighted by atomic mass is 10.2. The molecule has 0 fully saturated rings. The summed E-state index contributed by atoms with van der Waals surface area (Å²) in [7, 11) is 1.62. The summed E-state index contributed by atoms with van der Waals surface area (Å²) >= 11 is 1.23. The standard InChI is InChI=1S/C17H17N3O3S/c1-4-23-17(21)14-13(18)12-9(2)19-15(20-16(12)24-14)10-5-7-11(22-3)8-6-10/h5-8H,4,18H2,1-3H3. The summed E-state index contributed by atoms with van der Waals surface area (Å²) in [5, 5.41) is 0.709. The van der Waals surface area contributed by atoms with Crippen LogP contribution in [0.25, 0.3) is 21.6 Å². The van der Waals surface area contributed by atoms with E-state index in [9.17, 15) is 4.79 Å². The lowest BCUT2D eigenvalue weighted by molar-refractivity contribution is 0.0533. The largest absolute Gasteiger partial charge is 0.497 e. The number of ether oxygens (including phenoxy) is 2. The zero-order valence-electron chi connectivity index (χ0n) is 13.6. The Morgan fingerprint density at radius 2 is 1.96 bits per heavy atom. The van der Waals surface area contributed by atoms with Crippen molar-refractivity contribution in [2.45, 2.75) is 13.8 Å². The highest BCUT2D eigenvalue weighted by Gasteiger charge is 2.21. The molecule has 124 valence electrons. The summed E-state index contributed by atoms with van der Waals surface area (Å²) in [6.45, 7) is 3.91. The Kier molecular flexibility index (Phi) is 4.35. The molecular formula is C17H17N3O3S. The second-order valence-electron chi connectivity index (χ2n) is 5.11. The number of methoxy groups -OCH3 is 1. The van der Waals surface area contributed by atoms with E-state index < -0.39 is 5.97 Å². The highest BCUT2D eigenvalue weighted by molar-refractivity contribution is 7.21. The van der Waals surface area contributed by atoms with Crippen LogP contribution >= 0.6 is 11.3 Å². The van der Waals surface area contributed by atoms with Crippen LogP contribution < -0.4 is 10.5 Å². The van der Waals surface area contributed by atoms with Gasteiger partial charge in [-0.3, -0.25) is 0 Å². The van der Waals surface area contributed by atoms with E-state index in [2.05, 4.69) is 9.97 Å². The van der Waals surface area contributed by atoms with Crippen LogP contribution in [-0.2, 0) is 4.74 Å². The third-order valence-corrected chi connectivity index (χ3v) is 4.66. The highest BCUT2D eigenvalue weighted by atomic mass is 32.1. The number of nitrogen functional groups attached to an aromatic ring is 1. The van der Waals surface area contributed by atoms with Gasteiger partial charge in [0.1, 0.15) is 15.5 Å². The van der Waals surface area contributed by atoms with Crippen molar-refractivity contribution in [1.29, 1.82) is 0 Å². The minimum Gasteiger partial charge on any atom is -0.497 e. The maximum absolute atomic E-state index is 12.0. The normalized spacial score (nSPS) is 10.8. The first-order valence-electron chi connectivity index (χ1n) is 7.43. The van der Waals surface area contributed by atoms with Crippen molar-refractivity contribution >= 4 is 33.2 Å². The highest BCUT2D eigenvalue weighted by Crippen LogP contribution is 2.35. The molecule has 0 bridgehead atoms. The third kappa shape index (κ3) is 2.78. The van der Waals surface area contributed by atoms with Gasteiger partial charge < -0.3 is 15.2 Å². The predicted octanol–water partition coefficient (Wildman–Crippen LogP) is 3.43. The maximum Gasteiger partial charge on any atom is 0.350 e. The number of nitrogens with two attached hydrogens (primary N) is 1. The number of nitrogens with zero attached hydrogens (tertiary/aromatic N) is 2. The Morgan fingerprint density at radius 1 is 1.25 bits per heavy atom. The minimum absolute atomic E-state index is 0.300. The minimum atomic E-state index is -0.427. The topological polar surface area (TPSA) is 87.3 Å². The average molecular weight is 343 g/mol. The molecule has 0 spiro atoms. The van der Waals surface area contributed by atoms with Gasteiger partial charge in [0.15, 0.2) is 5.82 Å². The molecule has 6 nitrogen and oxygen atoms in total. The molecule has 0 amide bonds. The molecule has 1 aromatic carbocycles. The molecule has 0 aliphatic rings. The number of esters is 1. The number of fused-ring (bicyclic) bond motifs is 1. The van der Waals surface area contributed by atoms with E-state index in [0.717, 1.165) is 17.0 Å². The lowest BCUT2D eigenvalue weighted by Gasteiger charge is -2.05. The van der Waals surface area contributed by atoms with Crippen LogP contribution in [0.2, 0.25) is 0 Å². The molecule has 0 atom stereocenters. The Morgan fingerprint density at radius 3 is 2.58 bits per heavy atom. The Bertz CT molecular complexity index is 904. The third-order valence-electron chi connectivity index (χ3n) is 3.58. The van der Waals surface area contributed by atoms with Crippen LogP contribution in [0.1, 0.15) is 22.3 Å². The van der Waals surface area contributed by atoms with Crippen LogP contribution in [0.4, 0.5) is 5.69 Å². The summed E-state index contributed by atoms with van der Waals surface area (Å²) in [5.41, 5.74) is 8.09. The maximum atomic E-state index is 12.0. The summed E-state index contributed by atoms with van der Waals surface area (Å²) in [6, 6.07) is 7.49. The quantitative estimate of drug-likeness (QED) is 0.730. The van der Waals surface area contributed by atoms with E-state index in [1.54, 1.807) is 14.0 Å². The molecule has 0 saturated carbocycles. The Hall–Kier alpha value is -2.67. The van der Waals surface area contributed by atoms with Gasteiger partial charge in [-0.25, -0.2) is 14.8 Å². The number of rotatable bonds is 4. The number of carbonyl (C=O) groups is 1. The Balaban J connectivity index is 2.10. The fraction of sp³-hybridized carbons (Fsp3) is 0.235. The fourth-order valence-corrected chi connectivity index (χ4v) is 3.45. The molecule has 0 aliphatic carbocycles. The van der Waals surface area contributed by atoms with Crippen LogP contribution in [-0.4, -0.2) is 29.7 Å². The van der Waals surface area contributed by atoms with Gasteiger partial charge in [-0.1, -0.05) is 0 Å². The molecular weight excluding hydrogens is 326 g/mol. The number of anilines is 1. The smallest absolute Gasteiger partial charge is 0.350 e. The van der Waals surface area contributed by atoms with Gasteiger partial charge in [-0.15, -0.1) is 11.3 Å². The van der Waals surface area contributed by atoms with Gasteiger partial charge in [0, 0.05) is 5.56 Å². The number of carbonyl (C=O) groups excluding carboxylic acids is 1. The number of hydrogen-bond acceptors (Lipinski definition) is 7. The first-order chi connectivity index (χ1) is 11.5. The number of thiophene rings is 1. The van der Waals surface area contributed by atoms with Crippen LogP contribution in [0.3, 0.4) is 0 Å². The number of hydrogen-bond donors (Lipinski definition) is 1. The van der Waals surface area contributed by atoms with Crippen molar-refractivity contribution in [1.82, 2.24) is 9.97 Å². The van der Waals surface area contributed by atoms with E-state index >= 15 is 0 Å². The molecule has 0 saturated heterocycles. The molecule has 0 radical (unpaired) electrons. The number of aryl methyl sites for hydroxylation is 1. The van der Waals surface area contributed by atoms with Gasteiger partial charge in [0.25, 0.3) is 0 Å². The first kappa shape index (κ1) is 16.2. The number of aromatic nitrogens is 2.